The van der Waals surface area contributed by atoms with Crippen LogP contribution < -0.4 is 10.6 Å². The third-order valence-corrected chi connectivity index (χ3v) is 3.81. The Bertz CT molecular complexity index is 516. The molecule has 110 valence electrons. The minimum Gasteiger partial charge on any atom is -0.362 e. The number of nitrogens with two attached hydrogens (primary N) is 1. The number of aryl methyl sites for hydroxylation is 1. The molecule has 1 atom stereocenters. The van der Waals surface area contributed by atoms with E-state index in [1.165, 1.54) is 6.07 Å². The number of halogens is 1. The van der Waals surface area contributed by atoms with Crippen LogP contribution in [0.5, 0.6) is 0 Å². The maximum atomic E-state index is 13.8. The van der Waals surface area contributed by atoms with E-state index in [0.29, 0.717) is 12.1 Å². The Labute approximate surface area is 119 Å². The van der Waals surface area contributed by atoms with Crippen molar-refractivity contribution in [3.8, 4) is 0 Å². The van der Waals surface area contributed by atoms with Gasteiger partial charge in [-0.3, -0.25) is 4.79 Å². The van der Waals surface area contributed by atoms with E-state index in [9.17, 15) is 9.18 Å². The number of likely N-dealkylation sites (N-methyl/N-ethyl adjacent to an activating group) is 1. The summed E-state index contributed by atoms with van der Waals surface area (Å²) in [7, 11) is 1.81. The van der Waals surface area contributed by atoms with Gasteiger partial charge in [-0.2, -0.15) is 0 Å². The van der Waals surface area contributed by atoms with Crippen LogP contribution in [-0.2, 0) is 4.79 Å². The van der Waals surface area contributed by atoms with Crippen molar-refractivity contribution in [1.29, 1.82) is 0 Å². The number of rotatable bonds is 2. The van der Waals surface area contributed by atoms with E-state index in [4.69, 9.17) is 5.73 Å². The highest BCUT2D eigenvalue weighted by Crippen LogP contribution is 2.29. The van der Waals surface area contributed by atoms with E-state index >= 15 is 0 Å². The van der Waals surface area contributed by atoms with Crippen LogP contribution in [0.4, 0.5) is 10.1 Å². The molecule has 1 aliphatic heterocycles. The molecule has 0 saturated carbocycles. The second-order valence-corrected chi connectivity index (χ2v) is 5.54. The molecule has 1 aromatic rings. The number of nitrogens with zero attached hydrogens (tertiary/aromatic N) is 2. The summed E-state index contributed by atoms with van der Waals surface area (Å²) in [6.07, 6.45) is 0.900. The van der Waals surface area contributed by atoms with Gasteiger partial charge in [-0.25, -0.2) is 4.39 Å². The van der Waals surface area contributed by atoms with Crippen LogP contribution in [0.15, 0.2) is 12.1 Å². The van der Waals surface area contributed by atoms with Crippen LogP contribution >= 0.6 is 0 Å². The minimum atomic E-state index is -0.267. The van der Waals surface area contributed by atoms with Gasteiger partial charge in [0.05, 0.1) is 6.54 Å². The number of benzene rings is 1. The van der Waals surface area contributed by atoms with E-state index in [-0.39, 0.29) is 17.8 Å². The largest absolute Gasteiger partial charge is 0.362 e. The molecule has 1 aromatic carbocycles. The molecular formula is C15H22FN3O. The van der Waals surface area contributed by atoms with Crippen LogP contribution in [-0.4, -0.2) is 37.5 Å². The summed E-state index contributed by atoms with van der Waals surface area (Å²) >= 11 is 0. The monoisotopic (exact) mass is 279 g/mol. The molecule has 1 saturated heterocycles. The summed E-state index contributed by atoms with van der Waals surface area (Å²) in [6.45, 7) is 5.42. The zero-order valence-corrected chi connectivity index (χ0v) is 12.3. The van der Waals surface area contributed by atoms with Crippen molar-refractivity contribution in [3.63, 3.8) is 0 Å². The number of hydrogen-bond donors (Lipinski definition) is 1. The molecule has 0 radical (unpaired) electrons. The van der Waals surface area contributed by atoms with Crippen LogP contribution in [0.2, 0.25) is 0 Å². The smallest absolute Gasteiger partial charge is 0.241 e. The van der Waals surface area contributed by atoms with Crippen LogP contribution in [0, 0.1) is 12.7 Å². The normalized spacial score (nSPS) is 18.1. The Kier molecular flexibility index (Phi) is 4.28. The van der Waals surface area contributed by atoms with Gasteiger partial charge in [0.1, 0.15) is 5.82 Å². The zero-order chi connectivity index (χ0) is 14.9. The molecule has 1 fully saturated rings. The highest BCUT2D eigenvalue weighted by atomic mass is 19.1. The summed E-state index contributed by atoms with van der Waals surface area (Å²) in [5.74, 6) is -0.167. The fourth-order valence-electron chi connectivity index (χ4n) is 2.51. The highest BCUT2D eigenvalue weighted by Gasteiger charge is 2.22. The lowest BCUT2D eigenvalue weighted by Gasteiger charge is -2.26. The number of anilines is 1. The first-order valence-electron chi connectivity index (χ1n) is 6.94. The van der Waals surface area contributed by atoms with Gasteiger partial charge in [0.2, 0.25) is 5.91 Å². The average Bonchev–Trinajstić information content (AvgIpc) is 2.54. The van der Waals surface area contributed by atoms with Crippen molar-refractivity contribution in [2.75, 3.05) is 31.6 Å². The van der Waals surface area contributed by atoms with Gasteiger partial charge in [0.25, 0.3) is 0 Å². The summed E-state index contributed by atoms with van der Waals surface area (Å²) in [6, 6.07) is 3.03. The topological polar surface area (TPSA) is 49.6 Å². The maximum absolute atomic E-state index is 13.8. The van der Waals surface area contributed by atoms with Crippen LogP contribution in [0.25, 0.3) is 0 Å². The summed E-state index contributed by atoms with van der Waals surface area (Å²) in [5, 5.41) is 0. The van der Waals surface area contributed by atoms with Crippen molar-refractivity contribution >= 4 is 11.6 Å². The second-order valence-electron chi connectivity index (χ2n) is 5.54. The predicted octanol–water partition coefficient (Wildman–Crippen LogP) is 1.82. The Balaban J connectivity index is 2.40. The predicted molar refractivity (Wildman–Crippen MR) is 78.2 cm³/mol. The number of carbonyl (C=O) groups excluding carboxylic acids is 1. The number of hydrogen-bond acceptors (Lipinski definition) is 3. The standard InChI is InChI=1S/C15H22FN3O/c1-10-7-14(12(11(2)17)8-13(10)16)19-6-4-5-18(3)15(20)9-19/h7-8,11H,4-6,9,17H2,1-3H3/t11-/m1/s1. The first-order chi connectivity index (χ1) is 9.40. The van der Waals surface area contributed by atoms with E-state index in [2.05, 4.69) is 0 Å². The number of amides is 1. The van der Waals surface area contributed by atoms with E-state index in [0.717, 1.165) is 30.8 Å². The molecule has 0 unspecified atom stereocenters. The zero-order valence-electron chi connectivity index (χ0n) is 12.3. The van der Waals surface area contributed by atoms with Gasteiger partial charge in [0.15, 0.2) is 0 Å². The second kappa shape index (κ2) is 5.79. The molecule has 1 heterocycles. The third kappa shape index (κ3) is 2.93. The van der Waals surface area contributed by atoms with Gasteiger partial charge < -0.3 is 15.5 Å². The van der Waals surface area contributed by atoms with E-state index in [1.54, 1.807) is 17.9 Å². The summed E-state index contributed by atoms with van der Waals surface area (Å²) in [5.41, 5.74) is 8.16. The van der Waals surface area contributed by atoms with Gasteiger partial charge in [0, 0.05) is 31.9 Å². The molecule has 20 heavy (non-hydrogen) atoms. The van der Waals surface area contributed by atoms with Crippen LogP contribution in [0.3, 0.4) is 0 Å². The van der Waals surface area contributed by atoms with Gasteiger partial charge >= 0.3 is 0 Å². The van der Waals surface area contributed by atoms with Crippen molar-refractivity contribution in [1.82, 2.24) is 4.90 Å². The lowest BCUT2D eigenvalue weighted by molar-refractivity contribution is -0.127. The van der Waals surface area contributed by atoms with Crippen molar-refractivity contribution in [2.24, 2.45) is 5.73 Å². The Morgan fingerprint density at radius 3 is 2.70 bits per heavy atom. The Hall–Kier alpha value is -1.62. The lowest BCUT2D eigenvalue weighted by atomic mass is 10.0. The quantitative estimate of drug-likeness (QED) is 0.898. The Morgan fingerprint density at radius 1 is 1.35 bits per heavy atom. The highest BCUT2D eigenvalue weighted by molar-refractivity contribution is 5.82. The van der Waals surface area contributed by atoms with Gasteiger partial charge in [-0.05, 0) is 43.5 Å². The SMILES string of the molecule is Cc1cc(N2CCCN(C)C(=O)C2)c([C@@H](C)N)cc1F. The summed E-state index contributed by atoms with van der Waals surface area (Å²) in [4.78, 5) is 15.8. The minimum absolute atomic E-state index is 0.0834. The van der Waals surface area contributed by atoms with Gasteiger partial charge in [-0.1, -0.05) is 0 Å². The maximum Gasteiger partial charge on any atom is 0.241 e. The molecule has 0 aromatic heterocycles. The van der Waals surface area contributed by atoms with Crippen LogP contribution in [0.1, 0.15) is 30.5 Å². The van der Waals surface area contributed by atoms with Crippen molar-refractivity contribution < 1.29 is 9.18 Å². The molecule has 0 aliphatic carbocycles. The Morgan fingerprint density at radius 2 is 2.05 bits per heavy atom. The molecule has 4 nitrogen and oxygen atoms in total. The fourth-order valence-corrected chi connectivity index (χ4v) is 2.51. The molecular weight excluding hydrogens is 257 g/mol. The third-order valence-electron chi connectivity index (χ3n) is 3.81. The average molecular weight is 279 g/mol. The fraction of sp³-hybridized carbons (Fsp3) is 0.533. The van der Waals surface area contributed by atoms with E-state index in [1.807, 2.05) is 18.9 Å². The first-order valence-corrected chi connectivity index (χ1v) is 6.94. The summed E-state index contributed by atoms with van der Waals surface area (Å²) < 4.78 is 13.8. The molecule has 5 heteroatoms. The van der Waals surface area contributed by atoms with Gasteiger partial charge in [-0.15, -0.1) is 0 Å². The molecule has 1 amide bonds. The van der Waals surface area contributed by atoms with Crippen molar-refractivity contribution in [3.05, 3.63) is 29.1 Å². The molecule has 1 aliphatic rings. The molecule has 2 rings (SSSR count). The molecule has 2 N–H and O–H groups in total. The van der Waals surface area contributed by atoms with E-state index < -0.39 is 0 Å². The lowest BCUT2D eigenvalue weighted by Crippen LogP contribution is -2.35. The van der Waals surface area contributed by atoms with Crippen molar-refractivity contribution in [2.45, 2.75) is 26.3 Å². The number of carbonyl (C=O) groups is 1. The molecule has 0 spiro atoms. The first kappa shape index (κ1) is 14.8. The molecule has 0 bridgehead atoms.